The predicted octanol–water partition coefficient (Wildman–Crippen LogP) is 2.90. The molecule has 1 aromatic heterocycles. The van der Waals surface area contributed by atoms with E-state index < -0.39 is 0 Å². The zero-order valence-electron chi connectivity index (χ0n) is 16.9. The summed E-state index contributed by atoms with van der Waals surface area (Å²) in [5.41, 5.74) is 3.37. The molecule has 2 aromatic rings. The summed E-state index contributed by atoms with van der Waals surface area (Å²) in [6.45, 7) is 11.3. The van der Waals surface area contributed by atoms with Crippen LogP contribution in [0.1, 0.15) is 41.4 Å². The van der Waals surface area contributed by atoms with Gasteiger partial charge in [-0.3, -0.25) is 9.69 Å². The van der Waals surface area contributed by atoms with Gasteiger partial charge in [0, 0.05) is 38.1 Å². The summed E-state index contributed by atoms with van der Waals surface area (Å²) in [5.74, 6) is 0.558. The van der Waals surface area contributed by atoms with Crippen molar-refractivity contribution in [3.63, 3.8) is 0 Å². The van der Waals surface area contributed by atoms with Gasteiger partial charge in [-0.25, -0.2) is 9.97 Å². The maximum atomic E-state index is 12.8. The number of nitrogens with one attached hydrogen (secondary N) is 2. The van der Waals surface area contributed by atoms with Crippen molar-refractivity contribution in [2.45, 2.75) is 26.7 Å². The summed E-state index contributed by atoms with van der Waals surface area (Å²) >= 11 is 0. The Hall–Kier alpha value is -2.51. The van der Waals surface area contributed by atoms with Crippen molar-refractivity contribution in [1.29, 1.82) is 0 Å². The van der Waals surface area contributed by atoms with Crippen molar-refractivity contribution in [3.05, 3.63) is 47.3 Å². The Morgan fingerprint density at radius 1 is 1.25 bits per heavy atom. The predicted molar refractivity (Wildman–Crippen MR) is 111 cm³/mol. The smallest absolute Gasteiger partial charge is 0.274 e. The highest BCUT2D eigenvalue weighted by atomic mass is 16.5. The van der Waals surface area contributed by atoms with Crippen molar-refractivity contribution in [1.82, 2.24) is 14.9 Å². The van der Waals surface area contributed by atoms with Crippen LogP contribution < -0.4 is 10.6 Å². The molecule has 0 spiro atoms. The lowest BCUT2D eigenvalue weighted by molar-refractivity contribution is 0.0398. The summed E-state index contributed by atoms with van der Waals surface area (Å²) in [6.07, 6.45) is 1.61. The number of benzene rings is 1. The second kappa shape index (κ2) is 9.61. The van der Waals surface area contributed by atoms with Crippen molar-refractivity contribution in [2.75, 3.05) is 50.0 Å². The first-order chi connectivity index (χ1) is 13.5. The number of para-hydroxylation sites is 1. The van der Waals surface area contributed by atoms with Crippen LogP contribution >= 0.6 is 0 Å². The van der Waals surface area contributed by atoms with E-state index >= 15 is 0 Å². The van der Waals surface area contributed by atoms with Gasteiger partial charge in [-0.2, -0.15) is 0 Å². The number of anilines is 2. The molecule has 0 saturated carbocycles. The number of aryl methyl sites for hydroxylation is 1. The Morgan fingerprint density at radius 3 is 2.79 bits per heavy atom. The van der Waals surface area contributed by atoms with E-state index in [2.05, 4.69) is 39.3 Å². The first kappa shape index (κ1) is 20.2. The molecule has 150 valence electrons. The number of amides is 1. The summed E-state index contributed by atoms with van der Waals surface area (Å²) in [6, 6.07) is 7.70. The van der Waals surface area contributed by atoms with Gasteiger partial charge in [-0.15, -0.1) is 0 Å². The maximum Gasteiger partial charge on any atom is 0.274 e. The van der Waals surface area contributed by atoms with E-state index in [-0.39, 0.29) is 5.91 Å². The molecule has 1 saturated heterocycles. The topological polar surface area (TPSA) is 79.4 Å². The summed E-state index contributed by atoms with van der Waals surface area (Å²) < 4.78 is 5.36. The Kier molecular flexibility index (Phi) is 6.95. The molecular weight excluding hydrogens is 354 g/mol. The number of carbonyl (C=O) groups is 1. The van der Waals surface area contributed by atoms with Crippen LogP contribution in [0.15, 0.2) is 30.5 Å². The van der Waals surface area contributed by atoms with E-state index in [4.69, 9.17) is 4.74 Å². The largest absolute Gasteiger partial charge is 0.379 e. The molecule has 0 bridgehead atoms. The monoisotopic (exact) mass is 383 g/mol. The average Bonchev–Trinajstić information content (AvgIpc) is 2.70. The van der Waals surface area contributed by atoms with Crippen LogP contribution in [0.25, 0.3) is 0 Å². The van der Waals surface area contributed by atoms with Crippen LogP contribution in [-0.2, 0) is 4.74 Å². The Labute approximate surface area is 166 Å². The van der Waals surface area contributed by atoms with Crippen molar-refractivity contribution >= 4 is 17.5 Å². The highest BCUT2D eigenvalue weighted by Gasteiger charge is 2.15. The molecule has 1 fully saturated rings. The third-order valence-electron chi connectivity index (χ3n) is 4.87. The van der Waals surface area contributed by atoms with Crippen LogP contribution in [-0.4, -0.2) is 60.2 Å². The van der Waals surface area contributed by atoms with Gasteiger partial charge in [-0.05, 0) is 30.0 Å². The van der Waals surface area contributed by atoms with Gasteiger partial charge in [0.25, 0.3) is 5.91 Å². The minimum atomic E-state index is -0.227. The van der Waals surface area contributed by atoms with Gasteiger partial charge in [-0.1, -0.05) is 32.0 Å². The number of rotatable bonds is 7. The third-order valence-corrected chi connectivity index (χ3v) is 4.87. The van der Waals surface area contributed by atoms with Crippen molar-refractivity contribution < 1.29 is 9.53 Å². The van der Waals surface area contributed by atoms with Crippen LogP contribution in [0.4, 0.5) is 11.6 Å². The number of ether oxygens (including phenoxy) is 1. The van der Waals surface area contributed by atoms with E-state index in [1.165, 1.54) is 0 Å². The number of morpholine rings is 1. The Balaban J connectivity index is 1.62. The molecule has 28 heavy (non-hydrogen) atoms. The van der Waals surface area contributed by atoms with Crippen LogP contribution in [0.2, 0.25) is 0 Å². The quantitative estimate of drug-likeness (QED) is 0.765. The highest BCUT2D eigenvalue weighted by Crippen LogP contribution is 2.27. The number of hydrogen-bond donors (Lipinski definition) is 2. The molecule has 7 heteroatoms. The fourth-order valence-electron chi connectivity index (χ4n) is 3.24. The molecule has 0 atom stereocenters. The average molecular weight is 383 g/mol. The SMILES string of the molecule is Cc1cccc(C(C)C)c1NC(=O)c1ccnc(NCCN2CCOCC2)n1. The van der Waals surface area contributed by atoms with Gasteiger partial charge in [0.05, 0.1) is 13.2 Å². The van der Waals surface area contributed by atoms with E-state index in [0.29, 0.717) is 17.6 Å². The molecule has 2 N–H and O–H groups in total. The molecule has 1 aliphatic heterocycles. The highest BCUT2D eigenvalue weighted by molar-refractivity contribution is 6.03. The fraction of sp³-hybridized carbons (Fsp3) is 0.476. The summed E-state index contributed by atoms with van der Waals surface area (Å²) in [7, 11) is 0. The molecule has 1 aromatic carbocycles. The molecule has 1 amide bonds. The lowest BCUT2D eigenvalue weighted by Crippen LogP contribution is -2.39. The van der Waals surface area contributed by atoms with E-state index in [9.17, 15) is 4.79 Å². The van der Waals surface area contributed by atoms with Crippen molar-refractivity contribution in [3.8, 4) is 0 Å². The van der Waals surface area contributed by atoms with Crippen LogP contribution in [0, 0.1) is 6.92 Å². The van der Waals surface area contributed by atoms with Gasteiger partial charge in [0.1, 0.15) is 5.69 Å². The van der Waals surface area contributed by atoms with Gasteiger partial charge in [0.2, 0.25) is 5.95 Å². The molecule has 0 unspecified atom stereocenters. The molecule has 0 aliphatic carbocycles. The van der Waals surface area contributed by atoms with Crippen LogP contribution in [0.3, 0.4) is 0 Å². The lowest BCUT2D eigenvalue weighted by Gasteiger charge is -2.26. The second-order valence-electron chi connectivity index (χ2n) is 7.29. The molecule has 7 nitrogen and oxygen atoms in total. The number of carbonyl (C=O) groups excluding carboxylic acids is 1. The number of hydrogen-bond acceptors (Lipinski definition) is 6. The van der Waals surface area contributed by atoms with Crippen molar-refractivity contribution in [2.24, 2.45) is 0 Å². The fourth-order valence-corrected chi connectivity index (χ4v) is 3.24. The van der Waals surface area contributed by atoms with Gasteiger partial charge in [0.15, 0.2) is 0 Å². The maximum absolute atomic E-state index is 12.8. The van der Waals surface area contributed by atoms with Gasteiger partial charge >= 0.3 is 0 Å². The van der Waals surface area contributed by atoms with Gasteiger partial charge < -0.3 is 15.4 Å². The molecule has 1 aliphatic rings. The van der Waals surface area contributed by atoms with E-state index in [0.717, 1.165) is 56.2 Å². The first-order valence-corrected chi connectivity index (χ1v) is 9.82. The Bertz CT molecular complexity index is 803. The summed E-state index contributed by atoms with van der Waals surface area (Å²) in [5, 5.41) is 6.24. The second-order valence-corrected chi connectivity index (χ2v) is 7.29. The zero-order valence-corrected chi connectivity index (χ0v) is 16.9. The molecule has 3 rings (SSSR count). The minimum Gasteiger partial charge on any atom is -0.379 e. The molecular formula is C21H29N5O2. The number of aromatic nitrogens is 2. The Morgan fingerprint density at radius 2 is 2.04 bits per heavy atom. The lowest BCUT2D eigenvalue weighted by atomic mass is 9.98. The standard InChI is InChI=1S/C21H29N5O2/c1-15(2)17-6-4-5-16(3)19(17)25-20(27)18-7-8-22-21(24-18)23-9-10-26-11-13-28-14-12-26/h4-8,15H,9-14H2,1-3H3,(H,25,27)(H,22,23,24). The van der Waals surface area contributed by atoms with E-state index in [1.807, 2.05) is 25.1 Å². The third kappa shape index (κ3) is 5.27. The minimum absolute atomic E-state index is 0.227. The molecule has 0 radical (unpaired) electrons. The summed E-state index contributed by atoms with van der Waals surface area (Å²) in [4.78, 5) is 23.7. The molecule has 2 heterocycles. The number of nitrogens with zero attached hydrogens (tertiary/aromatic N) is 3. The van der Waals surface area contributed by atoms with E-state index in [1.54, 1.807) is 12.3 Å². The normalized spacial score (nSPS) is 14.9. The first-order valence-electron chi connectivity index (χ1n) is 9.82. The van der Waals surface area contributed by atoms with Crippen LogP contribution in [0.5, 0.6) is 0 Å². The zero-order chi connectivity index (χ0) is 19.9.